The zero-order chi connectivity index (χ0) is 14.6. The van der Waals surface area contributed by atoms with Crippen LogP contribution in [0.1, 0.15) is 39.6 Å². The second-order valence-corrected chi connectivity index (χ2v) is 8.02. The van der Waals surface area contributed by atoms with Gasteiger partial charge in [-0.1, -0.05) is 20.8 Å². The van der Waals surface area contributed by atoms with Gasteiger partial charge in [-0.3, -0.25) is 4.90 Å². The summed E-state index contributed by atoms with van der Waals surface area (Å²) in [6, 6.07) is 0. The average molecular weight is 298 g/mol. The first-order chi connectivity index (χ1) is 9.49. The summed E-state index contributed by atoms with van der Waals surface area (Å²) < 4.78 is 8.28. The van der Waals surface area contributed by atoms with Gasteiger partial charge in [-0.25, -0.2) is 0 Å². The van der Waals surface area contributed by atoms with Crippen LogP contribution in [0.25, 0.3) is 0 Å². The summed E-state index contributed by atoms with van der Waals surface area (Å²) in [5.74, 6) is 2.12. The Morgan fingerprint density at radius 3 is 2.95 bits per heavy atom. The van der Waals surface area contributed by atoms with Crippen molar-refractivity contribution < 1.29 is 4.74 Å². The molecule has 6 heteroatoms. The highest BCUT2D eigenvalue weighted by atomic mass is 32.2. The van der Waals surface area contributed by atoms with Crippen LogP contribution in [-0.2, 0) is 11.3 Å². The molecule has 5 nitrogen and oxygen atoms in total. The van der Waals surface area contributed by atoms with Gasteiger partial charge >= 0.3 is 0 Å². The number of rotatable bonds is 5. The first kappa shape index (κ1) is 15.8. The number of nitrogens with zero attached hydrogens (tertiary/aromatic N) is 4. The van der Waals surface area contributed by atoms with E-state index in [1.165, 1.54) is 0 Å². The van der Waals surface area contributed by atoms with E-state index in [1.807, 2.05) is 11.8 Å². The van der Waals surface area contributed by atoms with Crippen LogP contribution in [-0.4, -0.2) is 56.4 Å². The number of thioether (sulfide) groups is 1. The largest absolute Gasteiger partial charge is 0.368 e. The van der Waals surface area contributed by atoms with E-state index in [1.54, 1.807) is 6.33 Å². The Bertz CT molecular complexity index is 416. The third-order valence-corrected chi connectivity index (χ3v) is 4.62. The van der Waals surface area contributed by atoms with E-state index >= 15 is 0 Å². The molecule has 114 valence electrons. The standard InChI is InChI=1S/C14H26N4OS/c1-5-18-11-15-16-13(18)12-10-17(6-8-19-12)7-9-20-14(2,3)4/h11-12H,5-10H2,1-4H3/t12-/m0/s1. The van der Waals surface area contributed by atoms with Gasteiger partial charge in [0, 0.05) is 36.7 Å². The maximum atomic E-state index is 5.87. The Balaban J connectivity index is 1.86. The Labute approximate surface area is 126 Å². The molecule has 0 amide bonds. The number of ether oxygens (including phenoxy) is 1. The van der Waals surface area contributed by atoms with Crippen LogP contribution in [0.3, 0.4) is 0 Å². The van der Waals surface area contributed by atoms with Crippen molar-refractivity contribution in [2.75, 3.05) is 32.0 Å². The molecule has 1 aliphatic heterocycles. The lowest BCUT2D eigenvalue weighted by Crippen LogP contribution is -2.40. The van der Waals surface area contributed by atoms with Crippen molar-refractivity contribution in [3.63, 3.8) is 0 Å². The molecular formula is C14H26N4OS. The van der Waals surface area contributed by atoms with E-state index in [0.717, 1.165) is 44.4 Å². The Hall–Kier alpha value is -0.590. The highest BCUT2D eigenvalue weighted by molar-refractivity contribution is 8.00. The van der Waals surface area contributed by atoms with Gasteiger partial charge in [0.15, 0.2) is 5.82 Å². The van der Waals surface area contributed by atoms with Crippen LogP contribution in [0.2, 0.25) is 0 Å². The summed E-state index contributed by atoms with van der Waals surface area (Å²) in [6.45, 7) is 13.6. The summed E-state index contributed by atoms with van der Waals surface area (Å²) in [5.41, 5.74) is 0. The minimum atomic E-state index is 0.0610. The zero-order valence-electron chi connectivity index (χ0n) is 13.0. The molecule has 1 fully saturated rings. The Morgan fingerprint density at radius 1 is 1.45 bits per heavy atom. The number of hydrogen-bond donors (Lipinski definition) is 0. The molecule has 0 bridgehead atoms. The highest BCUT2D eigenvalue weighted by Gasteiger charge is 2.25. The summed E-state index contributed by atoms with van der Waals surface area (Å²) in [7, 11) is 0. The molecule has 1 saturated heterocycles. The Morgan fingerprint density at radius 2 is 2.25 bits per heavy atom. The fourth-order valence-corrected chi connectivity index (χ4v) is 3.26. The molecule has 1 atom stereocenters. The van der Waals surface area contributed by atoms with Gasteiger partial charge < -0.3 is 9.30 Å². The van der Waals surface area contributed by atoms with Crippen molar-refractivity contribution in [1.82, 2.24) is 19.7 Å². The van der Waals surface area contributed by atoms with Crippen molar-refractivity contribution >= 4 is 11.8 Å². The number of aryl methyl sites for hydroxylation is 1. The third-order valence-electron chi connectivity index (χ3n) is 3.37. The van der Waals surface area contributed by atoms with Crippen LogP contribution in [0.15, 0.2) is 6.33 Å². The molecule has 0 spiro atoms. The quantitative estimate of drug-likeness (QED) is 0.834. The fraction of sp³-hybridized carbons (Fsp3) is 0.857. The average Bonchev–Trinajstić information content (AvgIpc) is 2.86. The first-order valence-corrected chi connectivity index (χ1v) is 8.34. The SMILES string of the molecule is CCn1cnnc1[C@@H]1CN(CCSC(C)(C)C)CCO1. The number of morpholine rings is 1. The molecule has 2 heterocycles. The zero-order valence-corrected chi connectivity index (χ0v) is 13.8. The first-order valence-electron chi connectivity index (χ1n) is 7.35. The predicted octanol–water partition coefficient (Wildman–Crippen LogP) is 2.20. The van der Waals surface area contributed by atoms with Crippen LogP contribution in [0, 0.1) is 0 Å². The van der Waals surface area contributed by atoms with Gasteiger partial charge in [0.2, 0.25) is 0 Å². The summed E-state index contributed by atoms with van der Waals surface area (Å²) in [5, 5.41) is 8.22. The molecule has 0 radical (unpaired) electrons. The second-order valence-electron chi connectivity index (χ2n) is 6.10. The molecule has 1 aromatic rings. The summed E-state index contributed by atoms with van der Waals surface area (Å²) in [4.78, 5) is 2.47. The lowest BCUT2D eigenvalue weighted by atomic mass is 10.2. The van der Waals surface area contributed by atoms with Crippen molar-refractivity contribution in [3.05, 3.63) is 12.2 Å². The third kappa shape index (κ3) is 4.46. The van der Waals surface area contributed by atoms with E-state index in [4.69, 9.17) is 4.74 Å². The molecule has 20 heavy (non-hydrogen) atoms. The lowest BCUT2D eigenvalue weighted by Gasteiger charge is -2.32. The van der Waals surface area contributed by atoms with Gasteiger partial charge in [0.25, 0.3) is 0 Å². The number of aromatic nitrogens is 3. The van der Waals surface area contributed by atoms with E-state index in [0.29, 0.717) is 4.75 Å². The van der Waals surface area contributed by atoms with Crippen LogP contribution < -0.4 is 0 Å². The van der Waals surface area contributed by atoms with Gasteiger partial charge in [-0.2, -0.15) is 11.8 Å². The van der Waals surface area contributed by atoms with Crippen molar-refractivity contribution in [3.8, 4) is 0 Å². The van der Waals surface area contributed by atoms with E-state index in [-0.39, 0.29) is 6.10 Å². The smallest absolute Gasteiger partial charge is 0.163 e. The van der Waals surface area contributed by atoms with E-state index < -0.39 is 0 Å². The van der Waals surface area contributed by atoms with Gasteiger partial charge in [-0.05, 0) is 6.92 Å². The van der Waals surface area contributed by atoms with Gasteiger partial charge in [-0.15, -0.1) is 10.2 Å². The maximum Gasteiger partial charge on any atom is 0.163 e. The second kappa shape index (κ2) is 6.91. The molecular weight excluding hydrogens is 272 g/mol. The summed E-state index contributed by atoms with van der Waals surface area (Å²) >= 11 is 2.02. The van der Waals surface area contributed by atoms with Crippen LogP contribution in [0.4, 0.5) is 0 Å². The topological polar surface area (TPSA) is 43.2 Å². The minimum Gasteiger partial charge on any atom is -0.368 e. The van der Waals surface area contributed by atoms with Gasteiger partial charge in [0.05, 0.1) is 6.61 Å². The van der Waals surface area contributed by atoms with Crippen molar-refractivity contribution in [1.29, 1.82) is 0 Å². The van der Waals surface area contributed by atoms with Crippen molar-refractivity contribution in [2.45, 2.75) is 45.1 Å². The molecule has 0 saturated carbocycles. The number of hydrogen-bond acceptors (Lipinski definition) is 5. The van der Waals surface area contributed by atoms with E-state index in [9.17, 15) is 0 Å². The fourth-order valence-electron chi connectivity index (χ4n) is 2.30. The van der Waals surface area contributed by atoms with Crippen LogP contribution in [0.5, 0.6) is 0 Å². The van der Waals surface area contributed by atoms with E-state index in [2.05, 4.69) is 47.4 Å². The molecule has 0 N–H and O–H groups in total. The maximum absolute atomic E-state index is 5.87. The predicted molar refractivity (Wildman–Crippen MR) is 83.0 cm³/mol. The molecule has 1 aromatic heterocycles. The highest BCUT2D eigenvalue weighted by Crippen LogP contribution is 2.24. The molecule has 2 rings (SSSR count). The molecule has 0 aliphatic carbocycles. The summed E-state index contributed by atoms with van der Waals surface area (Å²) in [6.07, 6.45) is 1.85. The molecule has 0 unspecified atom stereocenters. The normalized spacial score (nSPS) is 21.3. The molecule has 1 aliphatic rings. The lowest BCUT2D eigenvalue weighted by molar-refractivity contribution is -0.0339. The Kier molecular flexibility index (Phi) is 5.46. The van der Waals surface area contributed by atoms with Gasteiger partial charge in [0.1, 0.15) is 12.4 Å². The monoisotopic (exact) mass is 298 g/mol. The molecule has 0 aromatic carbocycles. The van der Waals surface area contributed by atoms with Crippen molar-refractivity contribution in [2.24, 2.45) is 0 Å². The van der Waals surface area contributed by atoms with Crippen LogP contribution >= 0.6 is 11.8 Å². The minimum absolute atomic E-state index is 0.0610.